The fourth-order valence-electron chi connectivity index (χ4n) is 4.55. The number of carbonyl (C=O) groups excluding carboxylic acids is 1. The summed E-state index contributed by atoms with van der Waals surface area (Å²) in [4.78, 5) is 17.7. The van der Waals surface area contributed by atoms with Crippen LogP contribution >= 0.6 is 0 Å². The van der Waals surface area contributed by atoms with Crippen LogP contribution in [0.3, 0.4) is 0 Å². The number of nitrogens with zero attached hydrogens (tertiary/aromatic N) is 4. The van der Waals surface area contributed by atoms with Crippen molar-refractivity contribution in [1.29, 1.82) is 0 Å². The molecule has 0 aliphatic carbocycles. The molecule has 5 nitrogen and oxygen atoms in total. The van der Waals surface area contributed by atoms with Crippen LogP contribution < -0.4 is 0 Å². The second kappa shape index (κ2) is 9.52. The average Bonchev–Trinajstić information content (AvgIpc) is 3.28. The summed E-state index contributed by atoms with van der Waals surface area (Å²) < 4.78 is 1.94. The Kier molecular flexibility index (Phi) is 6.71. The molecule has 33 heavy (non-hydrogen) atoms. The summed E-state index contributed by atoms with van der Waals surface area (Å²) in [6.07, 6.45) is 0. The molecule has 0 radical (unpaired) electrons. The number of carbonyl (C=O) groups is 1. The molecule has 2 heterocycles. The van der Waals surface area contributed by atoms with Crippen LogP contribution in [-0.2, 0) is 12.0 Å². The first-order chi connectivity index (χ1) is 15.8. The highest BCUT2D eigenvalue weighted by Crippen LogP contribution is 2.27. The molecule has 0 bridgehead atoms. The van der Waals surface area contributed by atoms with Crippen molar-refractivity contribution >= 4 is 5.91 Å². The number of hydrogen-bond acceptors (Lipinski definition) is 3. The number of aryl methyl sites for hydroxylation is 1. The highest BCUT2D eigenvalue weighted by atomic mass is 16.2. The molecule has 174 valence electrons. The minimum Gasteiger partial charge on any atom is -0.335 e. The average molecular weight is 445 g/mol. The van der Waals surface area contributed by atoms with Gasteiger partial charge in [0, 0.05) is 38.8 Å². The zero-order valence-corrected chi connectivity index (χ0v) is 20.6. The van der Waals surface area contributed by atoms with Gasteiger partial charge in [-0.25, -0.2) is 0 Å². The molecule has 0 unspecified atom stereocenters. The van der Waals surface area contributed by atoms with E-state index in [2.05, 4.69) is 99.2 Å². The summed E-state index contributed by atoms with van der Waals surface area (Å²) >= 11 is 0. The third-order valence-electron chi connectivity index (χ3n) is 6.78. The summed E-state index contributed by atoms with van der Waals surface area (Å²) in [5, 5.41) is 4.66. The Bertz CT molecular complexity index is 1070. The maximum Gasteiger partial charge on any atom is 0.274 e. The molecule has 1 aromatic heterocycles. The molecular weight excluding hydrogens is 408 g/mol. The molecule has 1 amide bonds. The topological polar surface area (TPSA) is 41.4 Å². The molecule has 0 N–H and O–H groups in total. The first-order valence-electron chi connectivity index (χ1n) is 12.0. The van der Waals surface area contributed by atoms with Gasteiger partial charge in [0.25, 0.3) is 5.91 Å². The smallest absolute Gasteiger partial charge is 0.274 e. The Morgan fingerprint density at radius 1 is 0.970 bits per heavy atom. The maximum atomic E-state index is 13.3. The first-order valence-corrected chi connectivity index (χ1v) is 12.0. The van der Waals surface area contributed by atoms with E-state index >= 15 is 0 Å². The monoisotopic (exact) mass is 444 g/mol. The molecule has 1 atom stereocenters. The van der Waals surface area contributed by atoms with Crippen molar-refractivity contribution in [2.24, 2.45) is 0 Å². The van der Waals surface area contributed by atoms with Crippen molar-refractivity contribution in [3.05, 3.63) is 77.5 Å². The largest absolute Gasteiger partial charge is 0.335 e. The lowest BCUT2D eigenvalue weighted by Crippen LogP contribution is -2.49. The highest BCUT2D eigenvalue weighted by Gasteiger charge is 2.27. The first kappa shape index (κ1) is 23.2. The summed E-state index contributed by atoms with van der Waals surface area (Å²) in [6, 6.07) is 21.5. The second-order valence-electron chi connectivity index (χ2n) is 9.97. The van der Waals surface area contributed by atoms with Crippen LogP contribution in [0.5, 0.6) is 0 Å². The van der Waals surface area contributed by atoms with Crippen molar-refractivity contribution < 1.29 is 4.79 Å². The molecule has 0 spiro atoms. The van der Waals surface area contributed by atoms with E-state index in [-0.39, 0.29) is 11.3 Å². The number of piperazine rings is 1. The predicted molar refractivity (Wildman–Crippen MR) is 134 cm³/mol. The second-order valence-corrected chi connectivity index (χ2v) is 9.97. The van der Waals surface area contributed by atoms with Gasteiger partial charge in [0.1, 0.15) is 0 Å². The summed E-state index contributed by atoms with van der Waals surface area (Å²) in [6.45, 7) is 14.9. The lowest BCUT2D eigenvalue weighted by Gasteiger charge is -2.38. The Hall–Kier alpha value is -2.92. The minimum absolute atomic E-state index is 0.0294. The third-order valence-corrected chi connectivity index (χ3v) is 6.78. The number of rotatable bonds is 5. The Morgan fingerprint density at radius 3 is 2.18 bits per heavy atom. The van der Waals surface area contributed by atoms with Gasteiger partial charge in [0.2, 0.25) is 0 Å². The quantitative estimate of drug-likeness (QED) is 0.530. The highest BCUT2D eigenvalue weighted by molar-refractivity contribution is 5.93. The van der Waals surface area contributed by atoms with Crippen molar-refractivity contribution in [2.45, 2.75) is 52.6 Å². The number of aromatic nitrogens is 2. The van der Waals surface area contributed by atoms with E-state index in [1.165, 1.54) is 11.1 Å². The van der Waals surface area contributed by atoms with Gasteiger partial charge >= 0.3 is 0 Å². The van der Waals surface area contributed by atoms with E-state index in [1.807, 2.05) is 15.6 Å². The summed E-state index contributed by atoms with van der Waals surface area (Å²) in [7, 11) is 0. The van der Waals surface area contributed by atoms with E-state index in [1.54, 1.807) is 0 Å². The molecule has 2 aromatic carbocycles. The van der Waals surface area contributed by atoms with Gasteiger partial charge in [0.15, 0.2) is 5.69 Å². The molecular formula is C28H36N4O. The van der Waals surface area contributed by atoms with Gasteiger partial charge in [-0.1, -0.05) is 75.4 Å². The van der Waals surface area contributed by atoms with Crippen molar-refractivity contribution in [3.63, 3.8) is 0 Å². The lowest BCUT2D eigenvalue weighted by molar-refractivity contribution is 0.0576. The lowest BCUT2D eigenvalue weighted by atomic mass is 9.86. The van der Waals surface area contributed by atoms with Crippen molar-refractivity contribution in [2.75, 3.05) is 26.2 Å². The third kappa shape index (κ3) is 5.03. The van der Waals surface area contributed by atoms with Crippen LogP contribution in [-0.4, -0.2) is 51.7 Å². The van der Waals surface area contributed by atoms with E-state index in [0.717, 1.165) is 44.0 Å². The molecule has 4 rings (SSSR count). The molecule has 0 saturated carbocycles. The number of hydrogen-bond donors (Lipinski definition) is 0. The summed E-state index contributed by atoms with van der Waals surface area (Å²) in [5.74, 6) is 0.0294. The zero-order valence-electron chi connectivity index (χ0n) is 20.6. The Morgan fingerprint density at radius 2 is 1.61 bits per heavy atom. The normalized spacial score (nSPS) is 16.1. The standard InChI is InChI=1S/C28H36N4O/c1-6-32-26(23-12-14-24(15-13-23)28(3,4)5)20-25(29-32)27(33)31-18-16-30(17-19-31)21(2)22-10-8-7-9-11-22/h7-15,20-21H,6,16-19H2,1-5H3/t21-/m1/s1. The predicted octanol–water partition coefficient (Wildman–Crippen LogP) is 5.39. The molecule has 1 aliphatic heterocycles. The van der Waals surface area contributed by atoms with Crippen molar-refractivity contribution in [3.8, 4) is 11.3 Å². The van der Waals surface area contributed by atoms with Crippen LogP contribution in [0.2, 0.25) is 0 Å². The van der Waals surface area contributed by atoms with E-state index in [0.29, 0.717) is 11.7 Å². The molecule has 1 saturated heterocycles. The van der Waals surface area contributed by atoms with E-state index < -0.39 is 0 Å². The van der Waals surface area contributed by atoms with Gasteiger partial charge < -0.3 is 4.90 Å². The van der Waals surface area contributed by atoms with Gasteiger partial charge in [-0.15, -0.1) is 0 Å². The van der Waals surface area contributed by atoms with Crippen LogP contribution in [0, 0.1) is 0 Å². The van der Waals surface area contributed by atoms with E-state index in [9.17, 15) is 4.79 Å². The zero-order chi connectivity index (χ0) is 23.6. The number of amides is 1. The van der Waals surface area contributed by atoms with Gasteiger partial charge in [-0.05, 0) is 42.0 Å². The SMILES string of the molecule is CCn1nc(C(=O)N2CCN([C@H](C)c3ccccc3)CC2)cc1-c1ccc(C(C)(C)C)cc1. The maximum absolute atomic E-state index is 13.3. The van der Waals surface area contributed by atoms with Crippen LogP contribution in [0.25, 0.3) is 11.3 Å². The fourth-order valence-corrected chi connectivity index (χ4v) is 4.55. The minimum atomic E-state index is 0.0294. The molecule has 5 heteroatoms. The van der Waals surface area contributed by atoms with E-state index in [4.69, 9.17) is 0 Å². The Labute approximate surface area is 198 Å². The van der Waals surface area contributed by atoms with Crippen molar-refractivity contribution in [1.82, 2.24) is 19.6 Å². The molecule has 1 aliphatic rings. The van der Waals surface area contributed by atoms with Crippen LogP contribution in [0.4, 0.5) is 0 Å². The molecule has 3 aromatic rings. The van der Waals surface area contributed by atoms with Gasteiger partial charge in [-0.3, -0.25) is 14.4 Å². The fraction of sp³-hybridized carbons (Fsp3) is 0.429. The number of benzene rings is 2. The van der Waals surface area contributed by atoms with Gasteiger partial charge in [-0.2, -0.15) is 5.10 Å². The van der Waals surface area contributed by atoms with Gasteiger partial charge in [0.05, 0.1) is 5.69 Å². The van der Waals surface area contributed by atoms with Crippen LogP contribution in [0.15, 0.2) is 60.7 Å². The van der Waals surface area contributed by atoms with Crippen LogP contribution in [0.1, 0.15) is 62.3 Å². The Balaban J connectivity index is 1.46. The summed E-state index contributed by atoms with van der Waals surface area (Å²) in [5.41, 5.74) is 5.37. The molecule has 1 fully saturated rings.